The Morgan fingerprint density at radius 2 is 1.94 bits per heavy atom. The monoisotopic (exact) mass is 472 g/mol. The van der Waals surface area contributed by atoms with Crippen molar-refractivity contribution in [2.75, 3.05) is 13.2 Å². The number of benzene rings is 2. The third-order valence-electron chi connectivity index (χ3n) is 7.06. The van der Waals surface area contributed by atoms with Crippen LogP contribution in [-0.4, -0.2) is 33.5 Å². The number of ether oxygens (including phenoxy) is 1. The SMILES string of the molecule is Cc1ccc(-n2cncc2C(F)(F)F)cc1C1=C[C@@]2(CC[C@H](CO)[C@H]2c2ccc(F)cc2)OC1. The maximum absolute atomic E-state index is 13.5. The van der Waals surface area contributed by atoms with Crippen molar-refractivity contribution in [3.8, 4) is 5.69 Å². The molecule has 3 atom stereocenters. The van der Waals surface area contributed by atoms with Gasteiger partial charge in [0.2, 0.25) is 0 Å². The van der Waals surface area contributed by atoms with Gasteiger partial charge in [0.05, 0.1) is 24.7 Å². The second-order valence-corrected chi connectivity index (χ2v) is 9.07. The number of nitrogens with zero attached hydrogens (tertiary/aromatic N) is 2. The van der Waals surface area contributed by atoms with Crippen molar-refractivity contribution in [2.24, 2.45) is 5.92 Å². The van der Waals surface area contributed by atoms with Gasteiger partial charge in [-0.15, -0.1) is 0 Å². The van der Waals surface area contributed by atoms with Crippen LogP contribution >= 0.6 is 0 Å². The summed E-state index contributed by atoms with van der Waals surface area (Å²) in [6.45, 7) is 2.20. The van der Waals surface area contributed by atoms with Gasteiger partial charge in [0.25, 0.3) is 0 Å². The van der Waals surface area contributed by atoms with Crippen LogP contribution in [0.1, 0.15) is 41.1 Å². The summed E-state index contributed by atoms with van der Waals surface area (Å²) in [5.74, 6) is -0.511. The fraction of sp³-hybridized carbons (Fsp3) is 0.346. The maximum Gasteiger partial charge on any atom is 0.433 e. The second kappa shape index (κ2) is 8.36. The number of aliphatic hydroxyl groups excluding tert-OH is 1. The Morgan fingerprint density at radius 1 is 1.18 bits per heavy atom. The molecular weight excluding hydrogens is 448 g/mol. The van der Waals surface area contributed by atoms with Crippen molar-refractivity contribution < 1.29 is 27.4 Å². The maximum atomic E-state index is 13.5. The summed E-state index contributed by atoms with van der Waals surface area (Å²) >= 11 is 0. The highest BCUT2D eigenvalue weighted by Crippen LogP contribution is 2.53. The minimum atomic E-state index is -4.52. The van der Waals surface area contributed by atoms with Crippen LogP contribution in [0.2, 0.25) is 0 Å². The van der Waals surface area contributed by atoms with Crippen LogP contribution in [0, 0.1) is 18.7 Å². The number of rotatable bonds is 4. The van der Waals surface area contributed by atoms with E-state index < -0.39 is 17.5 Å². The van der Waals surface area contributed by atoms with Crippen molar-refractivity contribution in [2.45, 2.75) is 37.5 Å². The molecule has 2 aliphatic rings. The van der Waals surface area contributed by atoms with Crippen LogP contribution in [-0.2, 0) is 10.9 Å². The zero-order valence-electron chi connectivity index (χ0n) is 18.5. The summed E-state index contributed by atoms with van der Waals surface area (Å²) in [4.78, 5) is 3.69. The van der Waals surface area contributed by atoms with Gasteiger partial charge in [-0.1, -0.05) is 18.2 Å². The van der Waals surface area contributed by atoms with Crippen molar-refractivity contribution in [1.29, 1.82) is 0 Å². The minimum absolute atomic E-state index is 0.00825. The average Bonchev–Trinajstić information content (AvgIpc) is 3.54. The molecule has 1 saturated carbocycles. The van der Waals surface area contributed by atoms with E-state index >= 15 is 0 Å². The average molecular weight is 472 g/mol. The fourth-order valence-corrected chi connectivity index (χ4v) is 5.44. The van der Waals surface area contributed by atoms with E-state index in [0.717, 1.165) is 45.8 Å². The Morgan fingerprint density at radius 3 is 2.65 bits per heavy atom. The van der Waals surface area contributed by atoms with Crippen LogP contribution in [0.15, 0.2) is 61.1 Å². The number of aliphatic hydroxyl groups is 1. The van der Waals surface area contributed by atoms with Crippen LogP contribution in [0.4, 0.5) is 17.6 Å². The van der Waals surface area contributed by atoms with Gasteiger partial charge in [0, 0.05) is 18.2 Å². The lowest BCUT2D eigenvalue weighted by molar-refractivity contribution is -0.142. The molecular formula is C26H24F4N2O2. The Bertz CT molecular complexity index is 1230. The highest BCUT2D eigenvalue weighted by atomic mass is 19.4. The topological polar surface area (TPSA) is 47.3 Å². The molecule has 178 valence electrons. The molecule has 1 aliphatic carbocycles. The van der Waals surface area contributed by atoms with E-state index in [4.69, 9.17) is 4.74 Å². The van der Waals surface area contributed by atoms with Gasteiger partial charge in [-0.05, 0) is 78.3 Å². The first-order chi connectivity index (χ1) is 16.2. The Kier molecular flexibility index (Phi) is 5.61. The molecule has 34 heavy (non-hydrogen) atoms. The fourth-order valence-electron chi connectivity index (χ4n) is 5.44. The molecule has 2 aromatic carbocycles. The first kappa shape index (κ1) is 22.8. The molecule has 0 saturated heterocycles. The van der Waals surface area contributed by atoms with Gasteiger partial charge >= 0.3 is 6.18 Å². The van der Waals surface area contributed by atoms with Crippen LogP contribution < -0.4 is 0 Å². The van der Waals surface area contributed by atoms with E-state index in [1.165, 1.54) is 12.1 Å². The van der Waals surface area contributed by atoms with E-state index in [1.54, 1.807) is 30.3 Å². The predicted octanol–water partition coefficient (Wildman–Crippen LogP) is 5.68. The Labute approximate surface area is 194 Å². The van der Waals surface area contributed by atoms with Gasteiger partial charge in [-0.3, -0.25) is 4.57 Å². The highest BCUT2D eigenvalue weighted by molar-refractivity contribution is 5.73. The molecule has 1 aliphatic heterocycles. The third-order valence-corrected chi connectivity index (χ3v) is 7.06. The Balaban J connectivity index is 1.55. The molecule has 2 heterocycles. The molecule has 1 aromatic heterocycles. The number of imidazole rings is 1. The largest absolute Gasteiger partial charge is 0.433 e. The summed E-state index contributed by atoms with van der Waals surface area (Å²) in [6.07, 6.45) is 0.959. The first-order valence-corrected chi connectivity index (χ1v) is 11.1. The minimum Gasteiger partial charge on any atom is -0.396 e. The van der Waals surface area contributed by atoms with E-state index in [1.807, 2.05) is 6.92 Å². The zero-order valence-corrected chi connectivity index (χ0v) is 18.5. The number of aryl methyl sites for hydroxylation is 1. The smallest absolute Gasteiger partial charge is 0.396 e. The lowest BCUT2D eigenvalue weighted by atomic mass is 9.79. The lowest BCUT2D eigenvalue weighted by Gasteiger charge is -2.32. The number of alkyl halides is 3. The molecule has 0 bridgehead atoms. The molecule has 0 unspecified atom stereocenters. The number of halogens is 4. The third kappa shape index (κ3) is 3.84. The lowest BCUT2D eigenvalue weighted by Crippen LogP contribution is -2.33. The Hall–Kier alpha value is -2.97. The van der Waals surface area contributed by atoms with Crippen LogP contribution in [0.5, 0.6) is 0 Å². The zero-order chi connectivity index (χ0) is 24.1. The van der Waals surface area contributed by atoms with Crippen LogP contribution in [0.25, 0.3) is 11.3 Å². The molecule has 4 nitrogen and oxygen atoms in total. The second-order valence-electron chi connectivity index (χ2n) is 9.07. The number of hydrogen-bond donors (Lipinski definition) is 1. The molecule has 5 rings (SSSR count). The van der Waals surface area contributed by atoms with Crippen molar-refractivity contribution in [3.63, 3.8) is 0 Å². The molecule has 1 fully saturated rings. The normalized spacial score (nSPS) is 24.7. The molecule has 1 spiro atoms. The molecule has 3 aromatic rings. The van der Waals surface area contributed by atoms with Gasteiger partial charge in [0.15, 0.2) is 0 Å². The van der Waals surface area contributed by atoms with Gasteiger partial charge in [-0.25, -0.2) is 9.37 Å². The summed E-state index contributed by atoms with van der Waals surface area (Å²) in [6, 6.07) is 11.4. The summed E-state index contributed by atoms with van der Waals surface area (Å²) in [7, 11) is 0. The predicted molar refractivity (Wildman–Crippen MR) is 119 cm³/mol. The molecule has 1 N–H and O–H groups in total. The van der Waals surface area contributed by atoms with E-state index in [2.05, 4.69) is 11.1 Å². The van der Waals surface area contributed by atoms with E-state index in [9.17, 15) is 22.7 Å². The highest BCUT2D eigenvalue weighted by Gasteiger charge is 2.51. The van der Waals surface area contributed by atoms with Gasteiger partial charge in [0.1, 0.15) is 11.5 Å². The van der Waals surface area contributed by atoms with E-state index in [0.29, 0.717) is 18.7 Å². The quantitative estimate of drug-likeness (QED) is 0.498. The molecule has 8 heteroatoms. The molecule has 0 radical (unpaired) electrons. The molecule has 0 amide bonds. The van der Waals surface area contributed by atoms with Crippen molar-refractivity contribution in [3.05, 3.63) is 89.3 Å². The summed E-state index contributed by atoms with van der Waals surface area (Å²) in [5.41, 5.74) is 2.37. The van der Waals surface area contributed by atoms with Gasteiger partial charge in [-0.2, -0.15) is 13.2 Å². The van der Waals surface area contributed by atoms with Crippen molar-refractivity contribution in [1.82, 2.24) is 9.55 Å². The first-order valence-electron chi connectivity index (χ1n) is 11.1. The standard InChI is InChI=1S/C26H24F4N2O2/c1-16-2-7-21(32-15-31-12-23(32)26(28,29)30)10-22(16)19-11-25(34-14-19)9-8-18(13-33)24(25)17-3-5-20(27)6-4-17/h2-7,10-12,15,18,24,33H,8-9,13-14H2,1H3/t18-,24-,25-/m1/s1. The van der Waals surface area contributed by atoms with Crippen molar-refractivity contribution >= 4 is 5.57 Å². The number of aromatic nitrogens is 2. The van der Waals surface area contributed by atoms with Gasteiger partial charge < -0.3 is 9.84 Å². The summed E-state index contributed by atoms with van der Waals surface area (Å²) in [5, 5.41) is 10.0. The summed E-state index contributed by atoms with van der Waals surface area (Å²) < 4.78 is 61.2. The number of hydrogen-bond acceptors (Lipinski definition) is 3. The van der Waals surface area contributed by atoms with Crippen LogP contribution in [0.3, 0.4) is 0 Å². The van der Waals surface area contributed by atoms with E-state index in [-0.39, 0.29) is 24.3 Å².